The van der Waals surface area contributed by atoms with Crippen LogP contribution >= 0.6 is 0 Å². The largest absolute Gasteiger partial charge is 0.444 e. The lowest BCUT2D eigenvalue weighted by molar-refractivity contribution is -0.111. The maximum Gasteiger partial charge on any atom is 0.410 e. The normalized spacial score (nSPS) is 16.4. The number of hydrogen-bond donors (Lipinski definition) is 1. The van der Waals surface area contributed by atoms with Crippen molar-refractivity contribution in [2.45, 2.75) is 32.4 Å². The van der Waals surface area contributed by atoms with Gasteiger partial charge in [-0.1, -0.05) is 12.6 Å². The van der Waals surface area contributed by atoms with Crippen molar-refractivity contribution in [2.24, 2.45) is 7.05 Å². The van der Waals surface area contributed by atoms with E-state index in [0.29, 0.717) is 24.3 Å². The van der Waals surface area contributed by atoms with E-state index in [1.807, 2.05) is 26.8 Å². The summed E-state index contributed by atoms with van der Waals surface area (Å²) in [6.45, 7) is 9.87. The molecule has 1 N–H and O–H groups in total. The number of piperazine rings is 1. The van der Waals surface area contributed by atoms with Crippen molar-refractivity contribution in [2.75, 3.05) is 25.0 Å². The van der Waals surface area contributed by atoms with Crippen LogP contribution in [0.25, 0.3) is 0 Å². The number of carbonyl (C=O) groups excluding carboxylic acids is 3. The summed E-state index contributed by atoms with van der Waals surface area (Å²) in [4.78, 5) is 41.1. The summed E-state index contributed by atoms with van der Waals surface area (Å²) in [7, 11) is 1.80. The number of anilines is 1. The van der Waals surface area contributed by atoms with Crippen LogP contribution in [0.15, 0.2) is 49.2 Å². The molecule has 1 aliphatic rings. The Morgan fingerprint density at radius 2 is 1.97 bits per heavy atom. The SMILES string of the molecule is C=CC(=O)Nc1cccc(C(=O)N2CCN(C(=O)OC(C)(C)C)CC2c2ccnn2C)c1. The topological polar surface area (TPSA) is 96.8 Å². The molecule has 2 heterocycles. The van der Waals surface area contributed by atoms with E-state index in [1.54, 1.807) is 52.0 Å². The molecule has 0 bridgehead atoms. The fourth-order valence-electron chi connectivity index (χ4n) is 3.57. The van der Waals surface area contributed by atoms with E-state index in [-0.39, 0.29) is 18.4 Å². The first-order valence-corrected chi connectivity index (χ1v) is 10.4. The Morgan fingerprint density at radius 3 is 2.59 bits per heavy atom. The monoisotopic (exact) mass is 439 g/mol. The molecule has 0 saturated carbocycles. The number of rotatable bonds is 4. The zero-order valence-corrected chi connectivity index (χ0v) is 18.9. The minimum Gasteiger partial charge on any atom is -0.444 e. The van der Waals surface area contributed by atoms with Crippen LogP contribution in [0.5, 0.6) is 0 Å². The molecule has 1 aliphatic heterocycles. The zero-order valence-electron chi connectivity index (χ0n) is 18.9. The number of benzene rings is 1. The molecule has 1 aromatic heterocycles. The van der Waals surface area contributed by atoms with Crippen LogP contribution in [0.2, 0.25) is 0 Å². The van der Waals surface area contributed by atoms with Gasteiger partial charge < -0.3 is 19.9 Å². The summed E-state index contributed by atoms with van der Waals surface area (Å²) in [5.41, 5.74) is 1.14. The van der Waals surface area contributed by atoms with Crippen LogP contribution in [0.1, 0.15) is 42.9 Å². The average Bonchev–Trinajstić information content (AvgIpc) is 3.17. The highest BCUT2D eigenvalue weighted by molar-refractivity contribution is 6.01. The molecule has 0 aliphatic carbocycles. The molecule has 2 aromatic rings. The Labute approximate surface area is 187 Å². The molecule has 32 heavy (non-hydrogen) atoms. The molecule has 0 spiro atoms. The standard InChI is InChI=1S/C23H29N5O4/c1-6-20(29)25-17-9-7-8-16(14-17)21(30)28-13-12-27(22(31)32-23(2,3)4)15-19(28)18-10-11-24-26(18)5/h6-11,14,19H,1,12-13,15H2,2-5H3,(H,25,29). The summed E-state index contributed by atoms with van der Waals surface area (Å²) >= 11 is 0. The van der Waals surface area contributed by atoms with Crippen molar-refractivity contribution in [1.82, 2.24) is 19.6 Å². The van der Waals surface area contributed by atoms with E-state index in [4.69, 9.17) is 4.74 Å². The maximum absolute atomic E-state index is 13.5. The van der Waals surface area contributed by atoms with Gasteiger partial charge in [-0.15, -0.1) is 0 Å². The molecule has 3 rings (SSSR count). The fraction of sp³-hybridized carbons (Fsp3) is 0.391. The average molecular weight is 440 g/mol. The first kappa shape index (κ1) is 23.1. The number of carbonyl (C=O) groups is 3. The van der Waals surface area contributed by atoms with E-state index in [0.717, 1.165) is 5.69 Å². The highest BCUT2D eigenvalue weighted by Crippen LogP contribution is 2.28. The summed E-state index contributed by atoms with van der Waals surface area (Å²) in [5.74, 6) is -0.553. The van der Waals surface area contributed by atoms with Gasteiger partial charge in [-0.3, -0.25) is 14.3 Å². The van der Waals surface area contributed by atoms with Crippen molar-refractivity contribution in [1.29, 1.82) is 0 Å². The number of nitrogens with zero attached hydrogens (tertiary/aromatic N) is 4. The van der Waals surface area contributed by atoms with Crippen molar-refractivity contribution in [3.05, 3.63) is 60.4 Å². The fourth-order valence-corrected chi connectivity index (χ4v) is 3.57. The molecule has 1 unspecified atom stereocenters. The minimum atomic E-state index is -0.609. The van der Waals surface area contributed by atoms with Gasteiger partial charge in [0.15, 0.2) is 0 Å². The van der Waals surface area contributed by atoms with Crippen LogP contribution < -0.4 is 5.32 Å². The van der Waals surface area contributed by atoms with Crippen molar-refractivity contribution in [3.8, 4) is 0 Å². The third-order valence-corrected chi connectivity index (χ3v) is 5.06. The van der Waals surface area contributed by atoms with Gasteiger partial charge in [0.05, 0.1) is 18.3 Å². The number of hydrogen-bond acceptors (Lipinski definition) is 5. The number of ether oxygens (including phenoxy) is 1. The van der Waals surface area contributed by atoms with Crippen LogP contribution in [0, 0.1) is 0 Å². The molecule has 1 atom stereocenters. The highest BCUT2D eigenvalue weighted by atomic mass is 16.6. The number of aryl methyl sites for hydroxylation is 1. The quantitative estimate of drug-likeness (QED) is 0.739. The summed E-state index contributed by atoms with van der Waals surface area (Å²) < 4.78 is 7.23. The van der Waals surface area contributed by atoms with Gasteiger partial charge in [-0.25, -0.2) is 4.79 Å². The zero-order chi connectivity index (χ0) is 23.5. The number of nitrogens with one attached hydrogen (secondary N) is 1. The Kier molecular flexibility index (Phi) is 6.67. The molecular formula is C23H29N5O4. The Bertz CT molecular complexity index is 1020. The lowest BCUT2D eigenvalue weighted by Gasteiger charge is -2.41. The van der Waals surface area contributed by atoms with Crippen molar-refractivity contribution < 1.29 is 19.1 Å². The van der Waals surface area contributed by atoms with E-state index >= 15 is 0 Å². The van der Waals surface area contributed by atoms with Crippen molar-refractivity contribution >= 4 is 23.6 Å². The second-order valence-electron chi connectivity index (χ2n) is 8.59. The highest BCUT2D eigenvalue weighted by Gasteiger charge is 2.36. The van der Waals surface area contributed by atoms with E-state index in [2.05, 4.69) is 17.0 Å². The van der Waals surface area contributed by atoms with Gasteiger partial charge >= 0.3 is 6.09 Å². The molecule has 0 radical (unpaired) electrons. The Morgan fingerprint density at radius 1 is 1.22 bits per heavy atom. The molecule has 3 amide bonds. The van der Waals surface area contributed by atoms with Gasteiger partial charge in [0.2, 0.25) is 5.91 Å². The smallest absolute Gasteiger partial charge is 0.410 e. The Hall–Kier alpha value is -3.62. The van der Waals surface area contributed by atoms with Gasteiger partial charge in [0.1, 0.15) is 5.60 Å². The first-order valence-electron chi connectivity index (χ1n) is 10.4. The molecule has 1 aromatic carbocycles. The summed E-state index contributed by atoms with van der Waals surface area (Å²) in [6, 6.07) is 8.18. The number of aromatic nitrogens is 2. The van der Waals surface area contributed by atoms with Crippen LogP contribution in [-0.4, -0.2) is 62.7 Å². The first-order chi connectivity index (χ1) is 15.1. The predicted octanol–water partition coefficient (Wildman–Crippen LogP) is 2.98. The minimum absolute atomic E-state index is 0.199. The third kappa shape index (κ3) is 5.35. The predicted molar refractivity (Wildman–Crippen MR) is 120 cm³/mol. The van der Waals surface area contributed by atoms with Gasteiger partial charge in [-0.2, -0.15) is 5.10 Å². The van der Waals surface area contributed by atoms with Gasteiger partial charge in [0.25, 0.3) is 5.91 Å². The lowest BCUT2D eigenvalue weighted by Crippen LogP contribution is -2.53. The second kappa shape index (κ2) is 9.25. The maximum atomic E-state index is 13.5. The van der Waals surface area contributed by atoms with Crippen LogP contribution in [-0.2, 0) is 16.6 Å². The van der Waals surface area contributed by atoms with E-state index in [1.165, 1.54) is 6.08 Å². The van der Waals surface area contributed by atoms with E-state index < -0.39 is 17.7 Å². The second-order valence-corrected chi connectivity index (χ2v) is 8.59. The van der Waals surface area contributed by atoms with Crippen LogP contribution in [0.3, 0.4) is 0 Å². The summed E-state index contributed by atoms with van der Waals surface area (Å²) in [5, 5.41) is 6.90. The number of amides is 3. The van der Waals surface area contributed by atoms with Gasteiger partial charge in [0, 0.05) is 37.6 Å². The molecule has 9 heteroatoms. The van der Waals surface area contributed by atoms with Gasteiger partial charge in [-0.05, 0) is 51.1 Å². The molecule has 9 nitrogen and oxygen atoms in total. The molecule has 1 fully saturated rings. The third-order valence-electron chi connectivity index (χ3n) is 5.06. The lowest BCUT2D eigenvalue weighted by atomic mass is 10.1. The molecule has 1 saturated heterocycles. The van der Waals surface area contributed by atoms with E-state index in [9.17, 15) is 14.4 Å². The van der Waals surface area contributed by atoms with Crippen molar-refractivity contribution in [3.63, 3.8) is 0 Å². The Balaban J connectivity index is 1.87. The molecular weight excluding hydrogens is 410 g/mol. The summed E-state index contributed by atoms with van der Waals surface area (Å²) in [6.07, 6.45) is 2.42. The van der Waals surface area contributed by atoms with Crippen LogP contribution in [0.4, 0.5) is 10.5 Å². The molecule has 170 valence electrons.